The second-order valence-electron chi connectivity index (χ2n) is 7.66. The molecule has 1 aromatic carbocycles. The number of esters is 1. The quantitative estimate of drug-likeness (QED) is 0.664. The van der Waals surface area contributed by atoms with Crippen LogP contribution in [-0.4, -0.2) is 75.5 Å². The first-order chi connectivity index (χ1) is 13.8. The van der Waals surface area contributed by atoms with Crippen LogP contribution in [0.3, 0.4) is 0 Å². The lowest BCUT2D eigenvalue weighted by atomic mass is 10.0. The molecule has 3 rings (SSSR count). The van der Waals surface area contributed by atoms with Crippen molar-refractivity contribution in [2.75, 3.05) is 46.0 Å². The first-order valence-corrected chi connectivity index (χ1v) is 11.4. The van der Waals surface area contributed by atoms with Gasteiger partial charge >= 0.3 is 5.97 Å². The lowest BCUT2D eigenvalue weighted by molar-refractivity contribution is -0.136. The molecule has 160 valence electrons. The van der Waals surface area contributed by atoms with E-state index in [0.29, 0.717) is 37.8 Å². The highest BCUT2D eigenvalue weighted by atomic mass is 32.2. The highest BCUT2D eigenvalue weighted by molar-refractivity contribution is 7.89. The van der Waals surface area contributed by atoms with Gasteiger partial charge in [-0.05, 0) is 43.4 Å². The average Bonchev–Trinajstić information content (AvgIpc) is 2.72. The van der Waals surface area contributed by atoms with E-state index in [0.717, 1.165) is 12.8 Å². The van der Waals surface area contributed by atoms with E-state index in [1.54, 1.807) is 17.9 Å². The van der Waals surface area contributed by atoms with Gasteiger partial charge in [0.25, 0.3) is 5.91 Å². The summed E-state index contributed by atoms with van der Waals surface area (Å²) in [6.45, 7) is 6.02. The first-order valence-electron chi connectivity index (χ1n) is 9.92. The van der Waals surface area contributed by atoms with E-state index in [1.807, 2.05) is 0 Å². The monoisotopic (exact) mass is 424 g/mol. The first kappa shape index (κ1) is 21.7. The van der Waals surface area contributed by atoms with Gasteiger partial charge in [-0.3, -0.25) is 4.79 Å². The van der Waals surface area contributed by atoms with E-state index in [2.05, 4.69) is 6.92 Å². The maximum atomic E-state index is 12.9. The summed E-state index contributed by atoms with van der Waals surface area (Å²) in [5.74, 6) is -0.492. The maximum absolute atomic E-state index is 12.9. The number of benzene rings is 1. The fraction of sp³-hybridized carbons (Fsp3) is 0.600. The van der Waals surface area contributed by atoms with Crippen LogP contribution in [0, 0.1) is 12.8 Å². The van der Waals surface area contributed by atoms with E-state index < -0.39 is 16.0 Å². The maximum Gasteiger partial charge on any atom is 0.338 e. The third kappa shape index (κ3) is 5.15. The number of piperidine rings is 1. The molecule has 0 spiro atoms. The van der Waals surface area contributed by atoms with Crippen LogP contribution in [0.25, 0.3) is 0 Å². The zero-order valence-corrected chi connectivity index (χ0v) is 17.7. The Hall–Kier alpha value is -1.97. The molecule has 0 unspecified atom stereocenters. The smallest absolute Gasteiger partial charge is 0.338 e. The molecular weight excluding hydrogens is 396 g/mol. The van der Waals surface area contributed by atoms with Crippen molar-refractivity contribution in [2.24, 2.45) is 5.92 Å². The summed E-state index contributed by atoms with van der Waals surface area (Å²) in [7, 11) is -3.73. The summed E-state index contributed by atoms with van der Waals surface area (Å²) in [5, 5.41) is 0. The fourth-order valence-corrected chi connectivity index (χ4v) is 5.31. The van der Waals surface area contributed by atoms with Crippen LogP contribution in [0.4, 0.5) is 0 Å². The second kappa shape index (κ2) is 9.23. The number of nitrogens with zero attached hydrogens (tertiary/aromatic N) is 2. The highest BCUT2D eigenvalue weighted by Gasteiger charge is 2.29. The molecule has 0 radical (unpaired) electrons. The number of ether oxygens (including phenoxy) is 2. The number of carbonyl (C=O) groups excluding carboxylic acids is 2. The molecule has 1 atom stereocenters. The molecule has 29 heavy (non-hydrogen) atoms. The van der Waals surface area contributed by atoms with E-state index in [9.17, 15) is 18.0 Å². The Kier molecular flexibility index (Phi) is 6.92. The number of amides is 1. The normalized spacial score (nSPS) is 21.0. The molecule has 2 aliphatic rings. The molecular formula is C20H28N2O6S. The van der Waals surface area contributed by atoms with Crippen LogP contribution in [0.2, 0.25) is 0 Å². The van der Waals surface area contributed by atoms with E-state index >= 15 is 0 Å². The minimum Gasteiger partial charge on any atom is -0.452 e. The van der Waals surface area contributed by atoms with Crippen LogP contribution in [0.1, 0.15) is 35.7 Å². The predicted molar refractivity (Wildman–Crippen MR) is 106 cm³/mol. The third-order valence-corrected chi connectivity index (χ3v) is 7.39. The van der Waals surface area contributed by atoms with Crippen molar-refractivity contribution in [1.29, 1.82) is 0 Å². The summed E-state index contributed by atoms with van der Waals surface area (Å²) in [6.07, 6.45) is 2.04. The van der Waals surface area contributed by atoms with Gasteiger partial charge < -0.3 is 14.4 Å². The molecule has 1 aromatic rings. The van der Waals surface area contributed by atoms with Gasteiger partial charge in [-0.1, -0.05) is 13.0 Å². The molecule has 0 bridgehead atoms. The third-order valence-electron chi connectivity index (χ3n) is 5.35. The van der Waals surface area contributed by atoms with Crippen molar-refractivity contribution in [2.45, 2.75) is 31.6 Å². The van der Waals surface area contributed by atoms with Crippen LogP contribution < -0.4 is 0 Å². The van der Waals surface area contributed by atoms with Crippen molar-refractivity contribution >= 4 is 21.9 Å². The Morgan fingerprint density at radius 2 is 1.93 bits per heavy atom. The van der Waals surface area contributed by atoms with Crippen LogP contribution >= 0.6 is 0 Å². The van der Waals surface area contributed by atoms with Crippen molar-refractivity contribution in [3.8, 4) is 0 Å². The molecule has 2 aliphatic heterocycles. The standard InChI is InChI=1S/C20H28N2O6S/c1-15-4-3-7-21(13-15)19(23)14-28-20(24)17-6-5-16(2)18(12-17)29(25,26)22-8-10-27-11-9-22/h5-6,12,15H,3-4,7-11,13-14H2,1-2H3/t15-/m0/s1. The topological polar surface area (TPSA) is 93.2 Å². The SMILES string of the molecule is Cc1ccc(C(=O)OCC(=O)N2CCC[C@H](C)C2)cc1S(=O)(=O)N1CCOCC1. The number of likely N-dealkylation sites (tertiary alicyclic amines) is 1. The second-order valence-corrected chi connectivity index (χ2v) is 9.57. The molecule has 0 saturated carbocycles. The summed E-state index contributed by atoms with van der Waals surface area (Å²) in [4.78, 5) is 26.5. The summed E-state index contributed by atoms with van der Waals surface area (Å²) >= 11 is 0. The fourth-order valence-electron chi connectivity index (χ4n) is 3.65. The van der Waals surface area contributed by atoms with Gasteiger partial charge in [0.05, 0.1) is 23.7 Å². The van der Waals surface area contributed by atoms with Gasteiger partial charge in [-0.2, -0.15) is 4.31 Å². The lowest BCUT2D eigenvalue weighted by Gasteiger charge is -2.30. The van der Waals surface area contributed by atoms with E-state index in [1.165, 1.54) is 16.4 Å². The summed E-state index contributed by atoms with van der Waals surface area (Å²) in [6, 6.07) is 4.43. The Morgan fingerprint density at radius 1 is 1.21 bits per heavy atom. The molecule has 0 N–H and O–H groups in total. The number of rotatable bonds is 5. The molecule has 0 aliphatic carbocycles. The van der Waals surface area contributed by atoms with Crippen LogP contribution in [0.5, 0.6) is 0 Å². The van der Waals surface area contributed by atoms with Gasteiger partial charge in [0.2, 0.25) is 10.0 Å². The summed E-state index contributed by atoms with van der Waals surface area (Å²) in [5.41, 5.74) is 0.661. The Bertz CT molecular complexity index is 864. The molecule has 8 nitrogen and oxygen atoms in total. The predicted octanol–water partition coefficient (Wildman–Crippen LogP) is 1.43. The largest absolute Gasteiger partial charge is 0.452 e. The number of aryl methyl sites for hydroxylation is 1. The molecule has 2 saturated heterocycles. The van der Waals surface area contributed by atoms with E-state index in [-0.39, 0.29) is 36.1 Å². The highest BCUT2D eigenvalue weighted by Crippen LogP contribution is 2.23. The van der Waals surface area contributed by atoms with Crippen molar-refractivity contribution in [1.82, 2.24) is 9.21 Å². The molecule has 2 heterocycles. The number of hydrogen-bond donors (Lipinski definition) is 0. The minimum absolute atomic E-state index is 0.0741. The van der Waals surface area contributed by atoms with Gasteiger partial charge in [-0.25, -0.2) is 13.2 Å². The molecule has 9 heteroatoms. The van der Waals surface area contributed by atoms with Crippen LogP contribution in [-0.2, 0) is 24.3 Å². The lowest BCUT2D eigenvalue weighted by Crippen LogP contribution is -2.41. The Labute approximate surface area is 171 Å². The molecule has 1 amide bonds. The summed E-state index contributed by atoms with van der Waals surface area (Å²) < 4.78 is 37.6. The van der Waals surface area contributed by atoms with Crippen molar-refractivity contribution in [3.05, 3.63) is 29.3 Å². The number of hydrogen-bond acceptors (Lipinski definition) is 6. The van der Waals surface area contributed by atoms with Crippen molar-refractivity contribution < 1.29 is 27.5 Å². The van der Waals surface area contributed by atoms with Gasteiger partial charge in [0, 0.05) is 26.2 Å². The Balaban J connectivity index is 1.68. The van der Waals surface area contributed by atoms with Crippen molar-refractivity contribution in [3.63, 3.8) is 0 Å². The average molecular weight is 425 g/mol. The van der Waals surface area contributed by atoms with Gasteiger partial charge in [0.1, 0.15) is 0 Å². The van der Waals surface area contributed by atoms with Gasteiger partial charge in [-0.15, -0.1) is 0 Å². The van der Waals surface area contributed by atoms with E-state index in [4.69, 9.17) is 9.47 Å². The number of morpholine rings is 1. The zero-order valence-electron chi connectivity index (χ0n) is 16.9. The molecule has 0 aromatic heterocycles. The Morgan fingerprint density at radius 3 is 2.62 bits per heavy atom. The van der Waals surface area contributed by atoms with Crippen LogP contribution in [0.15, 0.2) is 23.1 Å². The zero-order chi connectivity index (χ0) is 21.0. The minimum atomic E-state index is -3.73. The number of carbonyl (C=O) groups is 2. The number of sulfonamides is 1. The van der Waals surface area contributed by atoms with Gasteiger partial charge in [0.15, 0.2) is 6.61 Å². The molecule has 2 fully saturated rings.